The summed E-state index contributed by atoms with van der Waals surface area (Å²) in [7, 11) is 0. The fourth-order valence-corrected chi connectivity index (χ4v) is 2.08. The van der Waals surface area contributed by atoms with Crippen LogP contribution in [0.2, 0.25) is 0 Å². The predicted octanol–water partition coefficient (Wildman–Crippen LogP) is -0.254. The van der Waals surface area contributed by atoms with Gasteiger partial charge in [0.1, 0.15) is 5.54 Å². The van der Waals surface area contributed by atoms with Crippen LogP contribution >= 0.6 is 0 Å². The van der Waals surface area contributed by atoms with E-state index in [4.69, 9.17) is 4.42 Å². The first-order valence-electron chi connectivity index (χ1n) is 6.33. The summed E-state index contributed by atoms with van der Waals surface area (Å²) >= 11 is 0. The molecule has 2 N–H and O–H groups in total. The zero-order valence-electron chi connectivity index (χ0n) is 11.4. The monoisotopic (exact) mass is 279 g/mol. The highest BCUT2D eigenvalue weighted by molar-refractivity contribution is 5.96. The first-order valence-corrected chi connectivity index (χ1v) is 6.33. The lowest BCUT2D eigenvalue weighted by Gasteiger charge is -2.41. The summed E-state index contributed by atoms with van der Waals surface area (Å²) in [5.41, 5.74) is -0.912. The van der Waals surface area contributed by atoms with Gasteiger partial charge >= 0.3 is 0 Å². The van der Waals surface area contributed by atoms with E-state index in [0.717, 1.165) is 0 Å². The van der Waals surface area contributed by atoms with E-state index in [0.29, 0.717) is 13.1 Å². The molecular weight excluding hydrogens is 262 g/mol. The van der Waals surface area contributed by atoms with Gasteiger partial charge < -0.3 is 20.0 Å². The molecule has 1 aliphatic rings. The average Bonchev–Trinajstić information content (AvgIpc) is 2.92. The number of nitrogens with one attached hydrogen (secondary N) is 2. The number of carbonyl (C=O) groups is 3. The third-order valence-electron chi connectivity index (χ3n) is 3.30. The summed E-state index contributed by atoms with van der Waals surface area (Å²) in [5.74, 6) is -0.810. The van der Waals surface area contributed by atoms with Crippen molar-refractivity contribution in [3.63, 3.8) is 0 Å². The van der Waals surface area contributed by atoms with Crippen molar-refractivity contribution in [3.05, 3.63) is 24.2 Å². The quantitative estimate of drug-likeness (QED) is 0.798. The maximum absolute atomic E-state index is 12.1. The van der Waals surface area contributed by atoms with Crippen molar-refractivity contribution >= 4 is 17.7 Å². The lowest BCUT2D eigenvalue weighted by molar-refractivity contribution is -0.148. The van der Waals surface area contributed by atoms with E-state index >= 15 is 0 Å². The highest BCUT2D eigenvalue weighted by atomic mass is 16.3. The number of nitrogens with zero attached hydrogens (tertiary/aromatic N) is 1. The van der Waals surface area contributed by atoms with Crippen LogP contribution in [-0.4, -0.2) is 47.8 Å². The molecule has 0 bridgehead atoms. The van der Waals surface area contributed by atoms with Gasteiger partial charge in [-0.15, -0.1) is 0 Å². The molecular formula is C13H17N3O4. The van der Waals surface area contributed by atoms with Gasteiger partial charge in [-0.25, -0.2) is 0 Å². The molecule has 20 heavy (non-hydrogen) atoms. The van der Waals surface area contributed by atoms with Gasteiger partial charge in [-0.05, 0) is 26.0 Å². The second kappa shape index (κ2) is 5.36. The molecule has 1 fully saturated rings. The van der Waals surface area contributed by atoms with Crippen LogP contribution in [0.1, 0.15) is 24.4 Å². The number of hydrogen-bond donors (Lipinski definition) is 2. The van der Waals surface area contributed by atoms with Gasteiger partial charge in [0.05, 0.1) is 12.8 Å². The normalized spacial score (nSPS) is 17.5. The summed E-state index contributed by atoms with van der Waals surface area (Å²) in [6, 6.07) is 3.10. The van der Waals surface area contributed by atoms with Crippen LogP contribution in [0.25, 0.3) is 0 Å². The summed E-state index contributed by atoms with van der Waals surface area (Å²) in [6.07, 6.45) is 1.38. The van der Waals surface area contributed by atoms with Crippen LogP contribution in [0.4, 0.5) is 0 Å². The number of rotatable bonds is 3. The summed E-state index contributed by atoms with van der Waals surface area (Å²) in [5, 5.41) is 5.19. The molecule has 1 aromatic rings. The molecule has 0 aliphatic carbocycles. The molecule has 0 radical (unpaired) electrons. The first-order chi connectivity index (χ1) is 9.43. The minimum Gasteiger partial charge on any atom is -0.459 e. The number of piperazine rings is 1. The Hall–Kier alpha value is -2.31. The zero-order valence-corrected chi connectivity index (χ0v) is 11.4. The van der Waals surface area contributed by atoms with Gasteiger partial charge in [-0.2, -0.15) is 0 Å². The van der Waals surface area contributed by atoms with Crippen LogP contribution in [-0.2, 0) is 9.59 Å². The molecule has 2 rings (SSSR count). The van der Waals surface area contributed by atoms with Gasteiger partial charge in [0.25, 0.3) is 5.91 Å². The third kappa shape index (κ3) is 2.66. The number of amides is 3. The van der Waals surface area contributed by atoms with E-state index in [2.05, 4.69) is 10.6 Å². The molecule has 7 heteroatoms. The zero-order chi connectivity index (χ0) is 14.8. The van der Waals surface area contributed by atoms with E-state index in [1.54, 1.807) is 19.9 Å². The summed E-state index contributed by atoms with van der Waals surface area (Å²) in [4.78, 5) is 37.0. The highest BCUT2D eigenvalue weighted by Crippen LogP contribution is 2.17. The molecule has 2 heterocycles. The SMILES string of the molecule is CC1(C)C(=O)NCCN1C(=O)CNC(=O)c1ccco1. The third-order valence-corrected chi connectivity index (χ3v) is 3.30. The minimum absolute atomic E-state index is 0.147. The molecule has 0 unspecified atom stereocenters. The van der Waals surface area contributed by atoms with Gasteiger partial charge in [-0.3, -0.25) is 14.4 Å². The Labute approximate surface area is 116 Å². The molecule has 7 nitrogen and oxygen atoms in total. The smallest absolute Gasteiger partial charge is 0.287 e. The Balaban J connectivity index is 1.95. The van der Waals surface area contributed by atoms with Gasteiger partial charge in [0, 0.05) is 13.1 Å². The van der Waals surface area contributed by atoms with Crippen molar-refractivity contribution in [1.29, 1.82) is 0 Å². The van der Waals surface area contributed by atoms with E-state index < -0.39 is 11.4 Å². The molecule has 108 valence electrons. The topological polar surface area (TPSA) is 91.7 Å². The Morgan fingerprint density at radius 1 is 1.50 bits per heavy atom. The van der Waals surface area contributed by atoms with Gasteiger partial charge in [0.15, 0.2) is 5.76 Å². The van der Waals surface area contributed by atoms with Gasteiger partial charge in [0.2, 0.25) is 11.8 Å². The van der Waals surface area contributed by atoms with Crippen molar-refractivity contribution < 1.29 is 18.8 Å². The van der Waals surface area contributed by atoms with E-state index in [9.17, 15) is 14.4 Å². The fourth-order valence-electron chi connectivity index (χ4n) is 2.08. The average molecular weight is 279 g/mol. The van der Waals surface area contributed by atoms with Crippen molar-refractivity contribution in [2.45, 2.75) is 19.4 Å². The number of furan rings is 1. The maximum Gasteiger partial charge on any atom is 0.287 e. The summed E-state index contributed by atoms with van der Waals surface area (Å²) < 4.78 is 4.93. The largest absolute Gasteiger partial charge is 0.459 e. The molecule has 0 atom stereocenters. The number of hydrogen-bond acceptors (Lipinski definition) is 4. The van der Waals surface area contributed by atoms with E-state index in [1.165, 1.54) is 17.2 Å². The molecule has 0 saturated carbocycles. The Kier molecular flexibility index (Phi) is 3.78. The van der Waals surface area contributed by atoms with Crippen LogP contribution < -0.4 is 10.6 Å². The van der Waals surface area contributed by atoms with Crippen LogP contribution in [0.5, 0.6) is 0 Å². The second-order valence-electron chi connectivity index (χ2n) is 5.02. The van der Waals surface area contributed by atoms with Crippen molar-refractivity contribution in [2.24, 2.45) is 0 Å². The van der Waals surface area contributed by atoms with Crippen molar-refractivity contribution in [2.75, 3.05) is 19.6 Å². The fraction of sp³-hybridized carbons (Fsp3) is 0.462. The Bertz CT molecular complexity index is 522. The van der Waals surface area contributed by atoms with Crippen LogP contribution in [0.3, 0.4) is 0 Å². The lowest BCUT2D eigenvalue weighted by atomic mass is 9.99. The van der Waals surface area contributed by atoms with Crippen molar-refractivity contribution in [3.8, 4) is 0 Å². The predicted molar refractivity (Wildman–Crippen MR) is 69.8 cm³/mol. The molecule has 3 amide bonds. The Morgan fingerprint density at radius 3 is 2.90 bits per heavy atom. The van der Waals surface area contributed by atoms with Crippen LogP contribution in [0.15, 0.2) is 22.8 Å². The maximum atomic E-state index is 12.1. The molecule has 1 aliphatic heterocycles. The molecule has 0 spiro atoms. The summed E-state index contributed by atoms with van der Waals surface area (Å²) in [6.45, 7) is 4.02. The number of carbonyl (C=O) groups excluding carboxylic acids is 3. The standard InChI is InChI=1S/C13H17N3O4/c1-13(2)12(19)14-5-6-16(13)10(17)8-15-11(18)9-4-3-7-20-9/h3-4,7H,5-6,8H2,1-2H3,(H,14,19)(H,15,18). The van der Waals surface area contributed by atoms with E-state index in [-0.39, 0.29) is 24.1 Å². The second-order valence-corrected chi connectivity index (χ2v) is 5.02. The first kappa shape index (κ1) is 14.1. The lowest BCUT2D eigenvalue weighted by Crippen LogP contribution is -2.64. The highest BCUT2D eigenvalue weighted by Gasteiger charge is 2.40. The minimum atomic E-state index is -0.912. The molecule has 0 aromatic carbocycles. The molecule has 1 saturated heterocycles. The van der Waals surface area contributed by atoms with Crippen molar-refractivity contribution in [1.82, 2.24) is 15.5 Å². The Morgan fingerprint density at radius 2 is 2.25 bits per heavy atom. The van der Waals surface area contributed by atoms with Gasteiger partial charge in [-0.1, -0.05) is 0 Å². The molecule has 1 aromatic heterocycles. The van der Waals surface area contributed by atoms with E-state index in [1.807, 2.05) is 0 Å². The van der Waals surface area contributed by atoms with Crippen LogP contribution in [0, 0.1) is 0 Å².